The van der Waals surface area contributed by atoms with Gasteiger partial charge in [0.05, 0.1) is 22.3 Å². The Morgan fingerprint density at radius 3 is 2.66 bits per heavy atom. The molecule has 0 saturated carbocycles. The zero-order valence-electron chi connectivity index (χ0n) is 18.5. The topological polar surface area (TPSA) is 47.7 Å². The molecule has 5 aromatic heterocycles. The van der Waals surface area contributed by atoms with E-state index in [4.69, 9.17) is 4.42 Å². The predicted molar refractivity (Wildman–Crippen MR) is 127 cm³/mol. The van der Waals surface area contributed by atoms with E-state index in [9.17, 15) is 0 Å². The van der Waals surface area contributed by atoms with Crippen LogP contribution < -0.4 is 4.57 Å². The van der Waals surface area contributed by atoms with Gasteiger partial charge in [-0.05, 0) is 49.7 Å². The molecule has 5 heterocycles. The van der Waals surface area contributed by atoms with Crippen LogP contribution in [0.4, 0.5) is 0 Å². The summed E-state index contributed by atoms with van der Waals surface area (Å²) in [5, 5.41) is 2.11. The molecule has 0 fully saturated rings. The van der Waals surface area contributed by atoms with Gasteiger partial charge in [-0.1, -0.05) is 0 Å². The van der Waals surface area contributed by atoms with E-state index in [0.717, 1.165) is 55.6 Å². The molecule has 6 rings (SSSR count). The van der Waals surface area contributed by atoms with Crippen molar-refractivity contribution in [2.75, 3.05) is 0 Å². The van der Waals surface area contributed by atoms with Crippen molar-refractivity contribution in [1.29, 1.82) is 0 Å². The molecular weight excluding hydrogens is 396 g/mol. The minimum absolute atomic E-state index is 0.864. The quantitative estimate of drug-likeness (QED) is 0.341. The summed E-state index contributed by atoms with van der Waals surface area (Å²) < 4.78 is 10.8. The molecule has 1 aromatic carbocycles. The molecule has 0 N–H and O–H groups in total. The Morgan fingerprint density at radius 1 is 0.969 bits per heavy atom. The Hall–Kier alpha value is -3.99. The first-order valence-electron chi connectivity index (χ1n) is 10.7. The van der Waals surface area contributed by atoms with Crippen molar-refractivity contribution in [2.45, 2.75) is 13.8 Å². The number of nitrogens with zero attached hydrogens (tertiary/aromatic N) is 4. The summed E-state index contributed by atoms with van der Waals surface area (Å²) in [4.78, 5) is 9.12. The minimum atomic E-state index is 0.864. The minimum Gasteiger partial charge on any atom is -0.455 e. The zero-order chi connectivity index (χ0) is 22.0. The van der Waals surface area contributed by atoms with Crippen LogP contribution in [-0.4, -0.2) is 14.5 Å². The smallest absolute Gasteiger partial charge is 0.216 e. The molecule has 0 aliphatic rings. The van der Waals surface area contributed by atoms with Crippen LogP contribution in [0.25, 0.3) is 55.5 Å². The van der Waals surface area contributed by atoms with Gasteiger partial charge in [-0.25, -0.2) is 4.57 Å². The molecule has 5 heteroatoms. The Morgan fingerprint density at radius 2 is 1.84 bits per heavy atom. The molecule has 0 saturated heterocycles. The van der Waals surface area contributed by atoms with Gasteiger partial charge < -0.3 is 8.98 Å². The van der Waals surface area contributed by atoms with Crippen LogP contribution in [0, 0.1) is 13.8 Å². The number of hydrogen-bond donors (Lipinski definition) is 0. The summed E-state index contributed by atoms with van der Waals surface area (Å²) in [7, 11) is 4.17. The van der Waals surface area contributed by atoms with E-state index in [2.05, 4.69) is 76.6 Å². The van der Waals surface area contributed by atoms with E-state index in [1.165, 1.54) is 11.1 Å². The maximum Gasteiger partial charge on any atom is 0.216 e. The highest BCUT2D eigenvalue weighted by Gasteiger charge is 2.24. The van der Waals surface area contributed by atoms with Crippen molar-refractivity contribution < 1.29 is 8.98 Å². The maximum absolute atomic E-state index is 6.46. The zero-order valence-corrected chi connectivity index (χ0v) is 18.5. The number of rotatable bonds is 2. The fraction of sp³-hybridized carbons (Fsp3) is 0.148. The van der Waals surface area contributed by atoms with Crippen molar-refractivity contribution >= 4 is 33.0 Å². The lowest BCUT2D eigenvalue weighted by molar-refractivity contribution is -0.660. The third-order valence-electron chi connectivity index (χ3n) is 6.44. The molecule has 0 radical (unpaired) electrons. The number of aryl methyl sites for hydroxylation is 3. The van der Waals surface area contributed by atoms with E-state index in [1.807, 2.05) is 37.5 Å². The van der Waals surface area contributed by atoms with Crippen LogP contribution in [0.2, 0.25) is 0 Å². The highest BCUT2D eigenvalue weighted by molar-refractivity contribution is 6.11. The molecule has 0 spiro atoms. The summed E-state index contributed by atoms with van der Waals surface area (Å²) in [5.41, 5.74) is 10.5. The van der Waals surface area contributed by atoms with Gasteiger partial charge in [-0.3, -0.25) is 9.97 Å². The highest BCUT2D eigenvalue weighted by Crippen LogP contribution is 2.42. The van der Waals surface area contributed by atoms with Gasteiger partial charge in [0.2, 0.25) is 5.69 Å². The van der Waals surface area contributed by atoms with Gasteiger partial charge in [0, 0.05) is 59.7 Å². The number of benzene rings is 1. The Bertz CT molecular complexity index is 1670. The molecule has 0 unspecified atom stereocenters. The Balaban J connectivity index is 1.79. The van der Waals surface area contributed by atoms with Gasteiger partial charge in [-0.2, -0.15) is 0 Å². The molecule has 156 valence electrons. The van der Waals surface area contributed by atoms with Crippen molar-refractivity contribution in [3.8, 4) is 22.5 Å². The van der Waals surface area contributed by atoms with Gasteiger partial charge in [0.15, 0.2) is 6.20 Å². The summed E-state index contributed by atoms with van der Waals surface area (Å²) in [6.07, 6.45) is 5.84. The van der Waals surface area contributed by atoms with E-state index in [0.29, 0.717) is 0 Å². The molecule has 0 aliphatic heterocycles. The normalized spacial score (nSPS) is 11.8. The van der Waals surface area contributed by atoms with Crippen molar-refractivity contribution in [3.63, 3.8) is 0 Å². The van der Waals surface area contributed by atoms with Crippen molar-refractivity contribution in [2.24, 2.45) is 14.1 Å². The number of pyridine rings is 3. The average Bonchev–Trinajstić information content (AvgIpc) is 3.31. The summed E-state index contributed by atoms with van der Waals surface area (Å²) >= 11 is 0. The molecular formula is C27H23N4O+. The Labute approximate surface area is 185 Å². The second-order valence-electron chi connectivity index (χ2n) is 8.42. The van der Waals surface area contributed by atoms with Crippen molar-refractivity contribution in [3.05, 3.63) is 78.4 Å². The third-order valence-corrected chi connectivity index (χ3v) is 6.44. The number of furan rings is 1. The van der Waals surface area contributed by atoms with Crippen molar-refractivity contribution in [1.82, 2.24) is 14.5 Å². The number of aromatic nitrogens is 4. The SMILES string of the molecule is Cc1cc2oc3c(-c4cccc[n+]4C)c(C)c(-c4cc5ncccc5n4C)cc3c2cn1. The molecule has 32 heavy (non-hydrogen) atoms. The lowest BCUT2D eigenvalue weighted by atomic mass is 9.94. The van der Waals surface area contributed by atoms with Gasteiger partial charge in [-0.15, -0.1) is 0 Å². The van der Waals surface area contributed by atoms with Gasteiger partial charge in [0.1, 0.15) is 18.2 Å². The summed E-state index contributed by atoms with van der Waals surface area (Å²) in [6.45, 7) is 4.17. The lowest BCUT2D eigenvalue weighted by Crippen LogP contribution is -2.30. The summed E-state index contributed by atoms with van der Waals surface area (Å²) in [5.74, 6) is 0. The van der Waals surface area contributed by atoms with Crippen LogP contribution >= 0.6 is 0 Å². The maximum atomic E-state index is 6.46. The van der Waals surface area contributed by atoms with Crippen LogP contribution in [0.1, 0.15) is 11.3 Å². The lowest BCUT2D eigenvalue weighted by Gasteiger charge is -2.13. The van der Waals surface area contributed by atoms with E-state index < -0.39 is 0 Å². The predicted octanol–water partition coefficient (Wildman–Crippen LogP) is 5.64. The van der Waals surface area contributed by atoms with E-state index in [-0.39, 0.29) is 0 Å². The molecule has 6 aromatic rings. The fourth-order valence-corrected chi connectivity index (χ4v) is 4.77. The first kappa shape index (κ1) is 18.8. The number of fused-ring (bicyclic) bond motifs is 4. The van der Waals surface area contributed by atoms with E-state index in [1.54, 1.807) is 0 Å². The second-order valence-corrected chi connectivity index (χ2v) is 8.42. The van der Waals surface area contributed by atoms with Gasteiger partial charge in [0.25, 0.3) is 0 Å². The molecule has 5 nitrogen and oxygen atoms in total. The molecule has 0 bridgehead atoms. The average molecular weight is 420 g/mol. The largest absolute Gasteiger partial charge is 0.455 e. The fourth-order valence-electron chi connectivity index (χ4n) is 4.77. The van der Waals surface area contributed by atoms with Crippen LogP contribution in [0.3, 0.4) is 0 Å². The second kappa shape index (κ2) is 6.76. The van der Waals surface area contributed by atoms with Crippen LogP contribution in [-0.2, 0) is 14.1 Å². The highest BCUT2D eigenvalue weighted by atomic mass is 16.3. The first-order valence-corrected chi connectivity index (χ1v) is 10.7. The Kier molecular flexibility index (Phi) is 3.96. The van der Waals surface area contributed by atoms with Crippen LogP contribution in [0.15, 0.2) is 71.5 Å². The summed E-state index contributed by atoms with van der Waals surface area (Å²) in [6, 6.07) is 16.8. The standard InChI is InChI=1S/C27H23N4O/c1-16-12-25-20(15-29-16)19-13-18(24-14-21-22(31(24)4)9-7-10-28-21)17(2)26(27(19)32-25)23-8-5-6-11-30(23)3/h5-15H,1-4H3/q+1. The number of hydrogen-bond acceptors (Lipinski definition) is 3. The monoisotopic (exact) mass is 419 g/mol. The van der Waals surface area contributed by atoms with Crippen LogP contribution in [0.5, 0.6) is 0 Å². The third kappa shape index (κ3) is 2.61. The van der Waals surface area contributed by atoms with Gasteiger partial charge >= 0.3 is 0 Å². The first-order chi connectivity index (χ1) is 15.5. The molecule has 0 atom stereocenters. The molecule has 0 aliphatic carbocycles. The van der Waals surface area contributed by atoms with E-state index >= 15 is 0 Å². The molecule has 0 amide bonds.